The normalized spacial score (nSPS) is 23.0. The highest BCUT2D eigenvalue weighted by Crippen LogP contribution is 2.27. The second-order valence-corrected chi connectivity index (χ2v) is 2.83. The van der Waals surface area contributed by atoms with E-state index >= 15 is 0 Å². The van der Waals surface area contributed by atoms with E-state index < -0.39 is 0 Å². The van der Waals surface area contributed by atoms with Gasteiger partial charge in [-0.3, -0.25) is 5.41 Å². The van der Waals surface area contributed by atoms with E-state index in [-0.39, 0.29) is 5.16 Å². The van der Waals surface area contributed by atoms with Crippen LogP contribution in [0.15, 0.2) is 21.5 Å². The first-order valence-electron chi connectivity index (χ1n) is 2.29. The van der Waals surface area contributed by atoms with Gasteiger partial charge in [-0.25, -0.2) is 0 Å². The Morgan fingerprint density at radius 2 is 2.44 bits per heavy atom. The monoisotopic (exact) mass is 160 g/mol. The molecule has 2 nitrogen and oxygen atoms in total. The fourth-order valence-electron chi connectivity index (χ4n) is 0.494. The predicted molar refractivity (Wildman–Crippen MR) is 41.5 cm³/mol. The average Bonchev–Trinajstić information content (AvgIpc) is 2.13. The SMILES string of the molecule is N=C1C=CS/C1=C(/N)Cl. The summed E-state index contributed by atoms with van der Waals surface area (Å²) in [6, 6.07) is 0. The largest absolute Gasteiger partial charge is 0.388 e. The minimum Gasteiger partial charge on any atom is -0.388 e. The van der Waals surface area contributed by atoms with Crippen LogP contribution in [0.5, 0.6) is 0 Å². The molecular weight excluding hydrogens is 156 g/mol. The van der Waals surface area contributed by atoms with Gasteiger partial charge in [-0.2, -0.15) is 0 Å². The van der Waals surface area contributed by atoms with Crippen LogP contribution in [0.2, 0.25) is 0 Å². The van der Waals surface area contributed by atoms with E-state index in [4.69, 9.17) is 22.7 Å². The molecule has 0 amide bonds. The van der Waals surface area contributed by atoms with Crippen molar-refractivity contribution in [1.29, 1.82) is 5.41 Å². The van der Waals surface area contributed by atoms with Crippen LogP contribution in [0.3, 0.4) is 0 Å². The Kier molecular flexibility index (Phi) is 1.83. The van der Waals surface area contributed by atoms with Gasteiger partial charge >= 0.3 is 0 Å². The summed E-state index contributed by atoms with van der Waals surface area (Å²) in [5.41, 5.74) is 5.63. The zero-order valence-electron chi connectivity index (χ0n) is 4.52. The van der Waals surface area contributed by atoms with Crippen molar-refractivity contribution in [3.05, 3.63) is 21.5 Å². The van der Waals surface area contributed by atoms with Crippen molar-refractivity contribution >= 4 is 29.1 Å². The zero-order valence-corrected chi connectivity index (χ0v) is 6.09. The lowest BCUT2D eigenvalue weighted by Gasteiger charge is -1.94. The molecule has 0 radical (unpaired) electrons. The smallest absolute Gasteiger partial charge is 0.115 e. The summed E-state index contributed by atoms with van der Waals surface area (Å²) in [4.78, 5) is 0.650. The quantitative estimate of drug-likeness (QED) is 0.530. The molecule has 1 heterocycles. The van der Waals surface area contributed by atoms with Crippen LogP contribution in [0.25, 0.3) is 0 Å². The molecule has 1 rings (SSSR count). The van der Waals surface area contributed by atoms with Crippen molar-refractivity contribution in [2.45, 2.75) is 0 Å². The van der Waals surface area contributed by atoms with Crippen LogP contribution in [-0.2, 0) is 0 Å². The van der Waals surface area contributed by atoms with Gasteiger partial charge in [-0.1, -0.05) is 23.4 Å². The number of nitrogens with one attached hydrogen (secondary N) is 1. The number of halogens is 1. The Morgan fingerprint density at radius 3 is 2.67 bits per heavy atom. The van der Waals surface area contributed by atoms with Crippen LogP contribution in [0.1, 0.15) is 0 Å². The van der Waals surface area contributed by atoms with Gasteiger partial charge in [-0.05, 0) is 11.5 Å². The molecule has 0 aromatic carbocycles. The summed E-state index contributed by atoms with van der Waals surface area (Å²) < 4.78 is 0. The molecular formula is C5H5ClN2S. The van der Waals surface area contributed by atoms with Gasteiger partial charge in [0, 0.05) is 0 Å². The summed E-state index contributed by atoms with van der Waals surface area (Å²) in [7, 11) is 0. The third-order valence-electron chi connectivity index (χ3n) is 0.882. The highest BCUT2D eigenvalue weighted by Gasteiger charge is 2.10. The molecule has 9 heavy (non-hydrogen) atoms. The molecule has 48 valence electrons. The van der Waals surface area contributed by atoms with Crippen LogP contribution >= 0.6 is 23.4 Å². The lowest BCUT2D eigenvalue weighted by atomic mass is 10.4. The van der Waals surface area contributed by atoms with E-state index in [1.807, 2.05) is 0 Å². The molecule has 1 aliphatic heterocycles. The highest BCUT2D eigenvalue weighted by atomic mass is 35.5. The molecule has 0 aromatic rings. The standard InChI is InChI=1S/C5H5ClN2S/c6-5(8)4-3(7)1-2-9-4/h1-2,7H,8H2/b5-4+,7-3?. The van der Waals surface area contributed by atoms with Gasteiger partial charge in [0.05, 0.1) is 10.6 Å². The molecule has 0 atom stereocenters. The second kappa shape index (κ2) is 2.45. The lowest BCUT2D eigenvalue weighted by molar-refractivity contribution is 1.49. The first-order chi connectivity index (χ1) is 4.22. The molecule has 0 saturated carbocycles. The first-order valence-corrected chi connectivity index (χ1v) is 3.55. The maximum absolute atomic E-state index is 7.21. The summed E-state index contributed by atoms with van der Waals surface area (Å²) in [5.74, 6) is 0. The lowest BCUT2D eigenvalue weighted by Crippen LogP contribution is -1.97. The van der Waals surface area contributed by atoms with Gasteiger partial charge in [0.1, 0.15) is 5.16 Å². The van der Waals surface area contributed by atoms with E-state index in [9.17, 15) is 0 Å². The van der Waals surface area contributed by atoms with Crippen LogP contribution < -0.4 is 5.73 Å². The van der Waals surface area contributed by atoms with E-state index in [1.54, 1.807) is 11.5 Å². The molecule has 3 N–H and O–H groups in total. The number of allylic oxidation sites excluding steroid dienone is 2. The summed E-state index contributed by atoms with van der Waals surface area (Å²) >= 11 is 6.81. The Labute approximate surface area is 62.3 Å². The topological polar surface area (TPSA) is 49.9 Å². The van der Waals surface area contributed by atoms with Crippen molar-refractivity contribution in [3.63, 3.8) is 0 Å². The van der Waals surface area contributed by atoms with Gasteiger partial charge in [0.15, 0.2) is 0 Å². The average molecular weight is 161 g/mol. The Balaban J connectivity index is 2.90. The molecule has 0 aromatic heterocycles. The fraction of sp³-hybridized carbons (Fsp3) is 0. The van der Waals surface area contributed by atoms with E-state index in [1.165, 1.54) is 11.8 Å². The van der Waals surface area contributed by atoms with Crippen LogP contribution in [0.4, 0.5) is 0 Å². The van der Waals surface area contributed by atoms with Crippen molar-refractivity contribution in [3.8, 4) is 0 Å². The first kappa shape index (κ1) is 6.71. The Bertz CT molecular complexity index is 200. The predicted octanol–water partition coefficient (Wildman–Crippen LogP) is 1.63. The molecule has 1 aliphatic rings. The summed E-state index contributed by atoms with van der Waals surface area (Å²) in [6.45, 7) is 0. The van der Waals surface area contributed by atoms with Crippen molar-refractivity contribution in [1.82, 2.24) is 0 Å². The summed E-state index contributed by atoms with van der Waals surface area (Å²) in [6.07, 6.45) is 1.66. The van der Waals surface area contributed by atoms with Crippen molar-refractivity contribution in [2.24, 2.45) is 5.73 Å². The molecule has 4 heteroatoms. The van der Waals surface area contributed by atoms with E-state index in [0.717, 1.165) is 0 Å². The van der Waals surface area contributed by atoms with Crippen LogP contribution in [0, 0.1) is 5.41 Å². The molecule has 0 saturated heterocycles. The highest BCUT2D eigenvalue weighted by molar-refractivity contribution is 8.07. The Hall–Kier alpha value is -0.410. The Morgan fingerprint density at radius 1 is 1.78 bits per heavy atom. The zero-order chi connectivity index (χ0) is 6.85. The van der Waals surface area contributed by atoms with E-state index in [2.05, 4.69) is 0 Å². The maximum atomic E-state index is 7.21. The van der Waals surface area contributed by atoms with Gasteiger partial charge in [0.25, 0.3) is 0 Å². The van der Waals surface area contributed by atoms with Crippen molar-refractivity contribution < 1.29 is 0 Å². The van der Waals surface area contributed by atoms with Gasteiger partial charge < -0.3 is 5.73 Å². The summed E-state index contributed by atoms with van der Waals surface area (Å²) in [5, 5.41) is 9.19. The number of thioether (sulfide) groups is 1. The van der Waals surface area contributed by atoms with Crippen molar-refractivity contribution in [2.75, 3.05) is 0 Å². The third-order valence-corrected chi connectivity index (χ3v) is 2.13. The number of hydrogen-bond donors (Lipinski definition) is 2. The maximum Gasteiger partial charge on any atom is 0.115 e. The van der Waals surface area contributed by atoms with E-state index in [0.29, 0.717) is 10.6 Å². The molecule has 0 aliphatic carbocycles. The second-order valence-electron chi connectivity index (χ2n) is 1.51. The minimum atomic E-state index is 0.204. The fourth-order valence-corrected chi connectivity index (χ4v) is 1.38. The molecule has 0 spiro atoms. The number of rotatable bonds is 0. The molecule has 0 fully saturated rings. The van der Waals surface area contributed by atoms with Crippen LogP contribution in [-0.4, -0.2) is 5.71 Å². The molecule has 0 bridgehead atoms. The molecule has 0 unspecified atom stereocenters. The van der Waals surface area contributed by atoms with Gasteiger partial charge in [0.2, 0.25) is 0 Å². The number of nitrogens with two attached hydrogens (primary N) is 1. The van der Waals surface area contributed by atoms with Gasteiger partial charge in [-0.15, -0.1) is 0 Å². The number of hydrogen-bond acceptors (Lipinski definition) is 3. The minimum absolute atomic E-state index is 0.204. The third kappa shape index (κ3) is 1.28.